The third-order valence-electron chi connectivity index (χ3n) is 5.94. The highest BCUT2D eigenvalue weighted by Gasteiger charge is 2.69. The highest BCUT2D eigenvalue weighted by atomic mass is 35.5. The first kappa shape index (κ1) is 20.4. The van der Waals surface area contributed by atoms with Gasteiger partial charge < -0.3 is 25.8 Å². The number of rotatable bonds is 8. The number of nitrogens with two attached hydrogens (primary N) is 1. The van der Waals surface area contributed by atoms with Crippen LogP contribution in [0.5, 0.6) is 5.75 Å². The molecule has 9 heteroatoms. The zero-order valence-electron chi connectivity index (χ0n) is 16.2. The van der Waals surface area contributed by atoms with Gasteiger partial charge in [0.25, 0.3) is 5.91 Å². The van der Waals surface area contributed by atoms with E-state index in [0.29, 0.717) is 19.3 Å². The van der Waals surface area contributed by atoms with Crippen molar-refractivity contribution in [3.63, 3.8) is 0 Å². The molecule has 0 atom stereocenters. The first-order chi connectivity index (χ1) is 13.6. The number of benzene rings is 1. The molecule has 1 aromatic carbocycles. The predicted octanol–water partition coefficient (Wildman–Crippen LogP) is 1.66. The molecule has 4 saturated carbocycles. The number of carbonyl (C=O) groups excluding carboxylic acids is 2. The maximum absolute atomic E-state index is 13.4. The number of nitrogens with one attached hydrogen (secondary N) is 2. The summed E-state index contributed by atoms with van der Waals surface area (Å²) < 4.78 is 24.3. The highest BCUT2D eigenvalue weighted by Crippen LogP contribution is 2.60. The van der Waals surface area contributed by atoms with Crippen LogP contribution in [-0.4, -0.2) is 47.7 Å². The van der Waals surface area contributed by atoms with Gasteiger partial charge in [-0.3, -0.25) is 9.59 Å². The normalized spacial score (nSPS) is 34.3. The van der Waals surface area contributed by atoms with Crippen LogP contribution in [0.25, 0.3) is 0 Å². The molecule has 0 aromatic heterocycles. The molecule has 0 unspecified atom stereocenters. The quantitative estimate of drug-likeness (QED) is 0.588. The molecule has 0 aliphatic heterocycles. The minimum absolute atomic E-state index is 0.000967. The molecule has 7 nitrogen and oxygen atoms in total. The van der Waals surface area contributed by atoms with Crippen LogP contribution in [0.1, 0.15) is 39.0 Å². The van der Waals surface area contributed by atoms with Crippen molar-refractivity contribution in [2.45, 2.75) is 61.7 Å². The summed E-state index contributed by atoms with van der Waals surface area (Å²) in [5.41, 5.74) is 5.23. The Kier molecular flexibility index (Phi) is 4.99. The third-order valence-corrected chi connectivity index (χ3v) is 6.25. The van der Waals surface area contributed by atoms with Gasteiger partial charge in [-0.05, 0) is 51.2 Å². The fourth-order valence-corrected chi connectivity index (χ4v) is 4.84. The maximum atomic E-state index is 13.4. The minimum Gasteiger partial charge on any atom is -0.484 e. The van der Waals surface area contributed by atoms with Crippen LogP contribution in [0.3, 0.4) is 0 Å². The Morgan fingerprint density at radius 1 is 1.17 bits per heavy atom. The smallest absolute Gasteiger partial charge is 0.258 e. The standard InChI is InChI=1S/C20H25ClFN3O4/c1-18(23)5-13(6-18)29-8-17(27)25-20-9-19(10-20,11-20)24-16(26)7-28-12-2-3-14(21)15(22)4-12/h2-4,13H,5-11,23H2,1H3,(H,24,26)(H,25,27)/t13-,18-,19?,20?. The van der Waals surface area contributed by atoms with Gasteiger partial charge in [-0.25, -0.2) is 4.39 Å². The summed E-state index contributed by atoms with van der Waals surface area (Å²) in [6, 6.07) is 4.02. The summed E-state index contributed by atoms with van der Waals surface area (Å²) >= 11 is 5.62. The van der Waals surface area contributed by atoms with Crippen molar-refractivity contribution in [2.24, 2.45) is 5.73 Å². The third kappa shape index (κ3) is 4.34. The first-order valence-corrected chi connectivity index (χ1v) is 10.1. The number of hydrogen-bond acceptors (Lipinski definition) is 5. The molecule has 29 heavy (non-hydrogen) atoms. The van der Waals surface area contributed by atoms with Gasteiger partial charge in [0.2, 0.25) is 5.91 Å². The van der Waals surface area contributed by atoms with Crippen LogP contribution in [-0.2, 0) is 14.3 Å². The fourth-order valence-electron chi connectivity index (χ4n) is 4.72. The number of amides is 2. The van der Waals surface area contributed by atoms with E-state index < -0.39 is 5.82 Å². The van der Waals surface area contributed by atoms with Crippen molar-refractivity contribution in [3.05, 3.63) is 29.0 Å². The number of hydrogen-bond donors (Lipinski definition) is 3. The largest absolute Gasteiger partial charge is 0.484 e. The molecule has 2 bridgehead atoms. The molecular weight excluding hydrogens is 401 g/mol. The molecule has 158 valence electrons. The summed E-state index contributed by atoms with van der Waals surface area (Å²) in [6.45, 7) is 1.80. The van der Waals surface area contributed by atoms with Gasteiger partial charge in [0, 0.05) is 22.7 Å². The van der Waals surface area contributed by atoms with Gasteiger partial charge in [0.05, 0.1) is 11.1 Å². The molecule has 0 spiro atoms. The van der Waals surface area contributed by atoms with Crippen LogP contribution in [0.2, 0.25) is 5.02 Å². The van der Waals surface area contributed by atoms with E-state index in [1.807, 2.05) is 6.92 Å². The summed E-state index contributed by atoms with van der Waals surface area (Å²) in [5, 5.41) is 5.97. The Balaban J connectivity index is 1.14. The molecule has 4 fully saturated rings. The van der Waals surface area contributed by atoms with Crippen LogP contribution in [0.15, 0.2) is 18.2 Å². The van der Waals surface area contributed by atoms with Crippen molar-refractivity contribution in [3.8, 4) is 5.75 Å². The van der Waals surface area contributed by atoms with Crippen molar-refractivity contribution in [2.75, 3.05) is 13.2 Å². The second kappa shape index (κ2) is 7.11. The summed E-state index contributed by atoms with van der Waals surface area (Å²) in [7, 11) is 0. The van der Waals surface area contributed by atoms with Gasteiger partial charge in [0.1, 0.15) is 18.2 Å². The maximum Gasteiger partial charge on any atom is 0.258 e. The highest BCUT2D eigenvalue weighted by molar-refractivity contribution is 6.30. The lowest BCUT2D eigenvalue weighted by molar-refractivity contribution is -0.155. The number of halogens is 2. The molecule has 2 amide bonds. The molecule has 0 saturated heterocycles. The summed E-state index contributed by atoms with van der Waals surface area (Å²) in [5.74, 6) is -0.772. The van der Waals surface area contributed by atoms with Crippen molar-refractivity contribution >= 4 is 23.4 Å². The van der Waals surface area contributed by atoms with Crippen molar-refractivity contribution in [1.82, 2.24) is 10.6 Å². The molecule has 5 rings (SSSR count). The van der Waals surface area contributed by atoms with Gasteiger partial charge in [-0.15, -0.1) is 0 Å². The van der Waals surface area contributed by atoms with E-state index in [1.54, 1.807) is 0 Å². The molecule has 1 aromatic rings. The van der Waals surface area contributed by atoms with Crippen molar-refractivity contribution < 1.29 is 23.5 Å². The first-order valence-electron chi connectivity index (χ1n) is 9.68. The summed E-state index contributed by atoms with van der Waals surface area (Å²) in [6.07, 6.45) is 3.67. The van der Waals surface area contributed by atoms with Gasteiger partial charge in [0.15, 0.2) is 6.61 Å². The molecule has 0 heterocycles. The lowest BCUT2D eigenvalue weighted by atomic mass is 9.44. The van der Waals surface area contributed by atoms with E-state index in [0.717, 1.165) is 18.9 Å². The van der Waals surface area contributed by atoms with E-state index in [9.17, 15) is 14.0 Å². The fraction of sp³-hybridized carbons (Fsp3) is 0.600. The zero-order valence-corrected chi connectivity index (χ0v) is 17.0. The molecule has 0 radical (unpaired) electrons. The average molecular weight is 426 g/mol. The van der Waals surface area contributed by atoms with E-state index in [1.165, 1.54) is 12.1 Å². The van der Waals surface area contributed by atoms with E-state index in [4.69, 9.17) is 26.8 Å². The Bertz CT molecular complexity index is 819. The topological polar surface area (TPSA) is 103 Å². The van der Waals surface area contributed by atoms with E-state index in [-0.39, 0.29) is 58.5 Å². The lowest BCUT2D eigenvalue weighted by Gasteiger charge is -2.70. The van der Waals surface area contributed by atoms with E-state index in [2.05, 4.69) is 10.6 Å². The summed E-state index contributed by atoms with van der Waals surface area (Å²) in [4.78, 5) is 24.2. The predicted molar refractivity (Wildman–Crippen MR) is 104 cm³/mol. The molecule has 4 aliphatic carbocycles. The Morgan fingerprint density at radius 3 is 2.31 bits per heavy atom. The monoisotopic (exact) mass is 425 g/mol. The van der Waals surface area contributed by atoms with Gasteiger partial charge in [-0.1, -0.05) is 11.6 Å². The second-order valence-electron chi connectivity index (χ2n) is 9.05. The molecular formula is C20H25ClFN3O4. The van der Waals surface area contributed by atoms with Crippen LogP contribution >= 0.6 is 11.6 Å². The lowest BCUT2D eigenvalue weighted by Crippen LogP contribution is -2.84. The number of ether oxygens (including phenoxy) is 2. The van der Waals surface area contributed by atoms with Crippen LogP contribution in [0, 0.1) is 5.82 Å². The Labute approximate surface area is 173 Å². The SMILES string of the molecule is C[C@]1(N)C[C@H](OCC(=O)NC23CC(NC(=O)COc4ccc(Cl)c(F)c4)(C2)C3)C1. The Morgan fingerprint density at radius 2 is 1.76 bits per heavy atom. The molecule has 4 N–H and O–H groups in total. The Hall–Kier alpha value is -1.90. The minimum atomic E-state index is -0.597. The zero-order chi connectivity index (χ0) is 20.9. The van der Waals surface area contributed by atoms with Crippen LogP contribution in [0.4, 0.5) is 4.39 Å². The molecule has 4 aliphatic rings. The van der Waals surface area contributed by atoms with E-state index >= 15 is 0 Å². The average Bonchev–Trinajstić information content (AvgIpc) is 2.56. The number of carbonyl (C=O) groups is 2. The van der Waals surface area contributed by atoms with Crippen LogP contribution < -0.4 is 21.1 Å². The van der Waals surface area contributed by atoms with Gasteiger partial charge in [-0.2, -0.15) is 0 Å². The van der Waals surface area contributed by atoms with Crippen molar-refractivity contribution in [1.29, 1.82) is 0 Å². The second-order valence-corrected chi connectivity index (χ2v) is 9.45. The van der Waals surface area contributed by atoms with Gasteiger partial charge >= 0.3 is 0 Å².